The highest BCUT2D eigenvalue weighted by Crippen LogP contribution is 2.35. The van der Waals surface area contributed by atoms with Crippen LogP contribution in [0.1, 0.15) is 12.5 Å². The number of carboxylic acids is 1. The number of rotatable bonds is 2. The van der Waals surface area contributed by atoms with Crippen molar-refractivity contribution in [1.82, 2.24) is 0 Å². The molecular weight excluding hydrogens is 226 g/mol. The summed E-state index contributed by atoms with van der Waals surface area (Å²) in [5, 5.41) is 11.3. The third-order valence-corrected chi connectivity index (χ3v) is 3.51. The van der Waals surface area contributed by atoms with Gasteiger partial charge in [-0.3, -0.25) is 9.59 Å². The number of thioether (sulfide) groups is 1. The van der Waals surface area contributed by atoms with Crippen LogP contribution in [-0.2, 0) is 16.0 Å². The molecule has 1 unspecified atom stereocenters. The lowest BCUT2D eigenvalue weighted by molar-refractivity contribution is -0.136. The van der Waals surface area contributed by atoms with Gasteiger partial charge in [0.25, 0.3) is 0 Å². The molecule has 5 heteroatoms. The van der Waals surface area contributed by atoms with Crippen molar-refractivity contribution >= 4 is 29.3 Å². The first-order valence-corrected chi connectivity index (χ1v) is 5.76. The van der Waals surface area contributed by atoms with Crippen molar-refractivity contribution in [3.8, 4) is 0 Å². The summed E-state index contributed by atoms with van der Waals surface area (Å²) in [7, 11) is 0. The standard InChI is InChI=1S/C11H11NO3S/c1-6-11(15)12-8-4-7(5-10(13)14)2-3-9(8)16-6/h2-4,6H,5H2,1H3,(H,12,15)(H,13,14). The highest BCUT2D eigenvalue weighted by molar-refractivity contribution is 8.00. The van der Waals surface area contributed by atoms with Crippen molar-refractivity contribution in [2.75, 3.05) is 5.32 Å². The van der Waals surface area contributed by atoms with E-state index in [1.807, 2.05) is 13.0 Å². The van der Waals surface area contributed by atoms with Crippen LogP contribution in [0.3, 0.4) is 0 Å². The zero-order chi connectivity index (χ0) is 11.7. The number of anilines is 1. The van der Waals surface area contributed by atoms with Gasteiger partial charge in [-0.25, -0.2) is 0 Å². The zero-order valence-electron chi connectivity index (χ0n) is 8.69. The van der Waals surface area contributed by atoms with E-state index in [4.69, 9.17) is 5.11 Å². The van der Waals surface area contributed by atoms with Crippen LogP contribution in [0.5, 0.6) is 0 Å². The Labute approximate surface area is 97.0 Å². The van der Waals surface area contributed by atoms with Crippen LogP contribution in [0, 0.1) is 0 Å². The van der Waals surface area contributed by atoms with E-state index in [-0.39, 0.29) is 17.6 Å². The van der Waals surface area contributed by atoms with Gasteiger partial charge in [0.05, 0.1) is 17.4 Å². The Kier molecular flexibility index (Phi) is 2.87. The molecule has 1 heterocycles. The topological polar surface area (TPSA) is 66.4 Å². The molecule has 1 atom stereocenters. The Morgan fingerprint density at radius 1 is 1.56 bits per heavy atom. The minimum atomic E-state index is -0.872. The van der Waals surface area contributed by atoms with Crippen molar-refractivity contribution in [2.24, 2.45) is 0 Å². The van der Waals surface area contributed by atoms with Crippen LogP contribution >= 0.6 is 11.8 Å². The Balaban J connectivity index is 2.29. The van der Waals surface area contributed by atoms with Crippen LogP contribution in [-0.4, -0.2) is 22.2 Å². The van der Waals surface area contributed by atoms with Gasteiger partial charge in [-0.05, 0) is 24.6 Å². The largest absolute Gasteiger partial charge is 0.481 e. The second kappa shape index (κ2) is 4.17. The highest BCUT2D eigenvalue weighted by atomic mass is 32.2. The molecule has 84 valence electrons. The molecule has 0 fully saturated rings. The van der Waals surface area contributed by atoms with E-state index in [2.05, 4.69) is 5.32 Å². The fourth-order valence-corrected chi connectivity index (χ4v) is 2.47. The van der Waals surface area contributed by atoms with Crippen LogP contribution in [0.15, 0.2) is 23.1 Å². The highest BCUT2D eigenvalue weighted by Gasteiger charge is 2.22. The summed E-state index contributed by atoms with van der Waals surface area (Å²) in [5.41, 5.74) is 1.41. The Morgan fingerprint density at radius 3 is 3.00 bits per heavy atom. The smallest absolute Gasteiger partial charge is 0.307 e. The summed E-state index contributed by atoms with van der Waals surface area (Å²) >= 11 is 1.49. The lowest BCUT2D eigenvalue weighted by atomic mass is 10.1. The summed E-state index contributed by atoms with van der Waals surface area (Å²) in [6.45, 7) is 1.84. The molecule has 2 N–H and O–H groups in total. The van der Waals surface area contributed by atoms with Gasteiger partial charge in [-0.15, -0.1) is 11.8 Å². The number of amides is 1. The summed E-state index contributed by atoms with van der Waals surface area (Å²) < 4.78 is 0. The third kappa shape index (κ3) is 2.19. The Hall–Kier alpha value is -1.49. The van der Waals surface area contributed by atoms with Gasteiger partial charge in [-0.2, -0.15) is 0 Å². The fraction of sp³-hybridized carbons (Fsp3) is 0.273. The monoisotopic (exact) mass is 237 g/mol. The van der Waals surface area contributed by atoms with Crippen LogP contribution < -0.4 is 5.32 Å². The summed E-state index contributed by atoms with van der Waals surface area (Å²) in [6, 6.07) is 5.36. The lowest BCUT2D eigenvalue weighted by Gasteiger charge is -2.21. The van der Waals surface area contributed by atoms with Gasteiger partial charge in [0, 0.05) is 4.90 Å². The maximum atomic E-state index is 11.4. The van der Waals surface area contributed by atoms with Crippen molar-refractivity contribution in [3.05, 3.63) is 23.8 Å². The maximum Gasteiger partial charge on any atom is 0.307 e. The number of nitrogens with one attached hydrogen (secondary N) is 1. The van der Waals surface area contributed by atoms with E-state index in [1.165, 1.54) is 11.8 Å². The first kappa shape index (κ1) is 11.0. The van der Waals surface area contributed by atoms with Crippen LogP contribution in [0.25, 0.3) is 0 Å². The summed E-state index contributed by atoms with van der Waals surface area (Å²) in [5.74, 6) is -0.909. The number of hydrogen-bond acceptors (Lipinski definition) is 3. The summed E-state index contributed by atoms with van der Waals surface area (Å²) in [6.07, 6.45) is -0.0244. The van der Waals surface area contributed by atoms with E-state index in [1.54, 1.807) is 12.1 Å². The van der Waals surface area contributed by atoms with Crippen LogP contribution in [0.4, 0.5) is 5.69 Å². The maximum absolute atomic E-state index is 11.4. The van der Waals surface area contributed by atoms with Gasteiger partial charge < -0.3 is 10.4 Å². The number of fused-ring (bicyclic) bond motifs is 1. The molecule has 0 radical (unpaired) electrons. The first-order chi connectivity index (χ1) is 7.56. The number of carbonyl (C=O) groups excluding carboxylic acids is 1. The van der Waals surface area contributed by atoms with Crippen molar-refractivity contribution in [3.63, 3.8) is 0 Å². The molecule has 0 saturated carbocycles. The number of carboxylic acid groups (broad SMARTS) is 1. The molecule has 0 aliphatic carbocycles. The van der Waals surface area contributed by atoms with Gasteiger partial charge in [0.15, 0.2) is 0 Å². The Bertz CT molecular complexity index is 459. The van der Waals surface area contributed by atoms with E-state index in [9.17, 15) is 9.59 Å². The molecule has 1 aliphatic rings. The number of carbonyl (C=O) groups is 2. The minimum absolute atomic E-state index is 0.0244. The van der Waals surface area contributed by atoms with Gasteiger partial charge in [0.1, 0.15) is 0 Å². The molecule has 0 aromatic heterocycles. The molecule has 1 aromatic rings. The molecule has 4 nitrogen and oxygen atoms in total. The summed E-state index contributed by atoms with van der Waals surface area (Å²) in [4.78, 5) is 23.0. The average Bonchev–Trinajstić information content (AvgIpc) is 2.19. The van der Waals surface area contributed by atoms with E-state index in [0.29, 0.717) is 11.3 Å². The average molecular weight is 237 g/mol. The van der Waals surface area contributed by atoms with Crippen molar-refractivity contribution < 1.29 is 14.7 Å². The van der Waals surface area contributed by atoms with Gasteiger partial charge in [-0.1, -0.05) is 6.07 Å². The normalized spacial score (nSPS) is 18.8. The zero-order valence-corrected chi connectivity index (χ0v) is 9.50. The second-order valence-corrected chi connectivity index (χ2v) is 5.03. The number of aliphatic carboxylic acids is 1. The Morgan fingerprint density at radius 2 is 2.31 bits per heavy atom. The van der Waals surface area contributed by atoms with Gasteiger partial charge >= 0.3 is 5.97 Å². The second-order valence-electron chi connectivity index (χ2n) is 3.65. The predicted molar refractivity (Wildman–Crippen MR) is 61.7 cm³/mol. The quantitative estimate of drug-likeness (QED) is 0.822. The molecule has 2 rings (SSSR count). The lowest BCUT2D eigenvalue weighted by Crippen LogP contribution is -2.26. The SMILES string of the molecule is CC1Sc2ccc(CC(=O)O)cc2NC1=O. The molecular formula is C11H11NO3S. The van der Waals surface area contributed by atoms with Gasteiger partial charge in [0.2, 0.25) is 5.91 Å². The predicted octanol–water partition coefficient (Wildman–Crippen LogP) is 1.75. The molecule has 1 amide bonds. The number of hydrogen-bond donors (Lipinski definition) is 2. The third-order valence-electron chi connectivity index (χ3n) is 2.33. The van der Waals surface area contributed by atoms with Crippen molar-refractivity contribution in [1.29, 1.82) is 0 Å². The molecule has 1 aromatic carbocycles. The van der Waals surface area contributed by atoms with E-state index in [0.717, 1.165) is 4.90 Å². The first-order valence-electron chi connectivity index (χ1n) is 4.88. The molecule has 0 bridgehead atoms. The molecule has 0 saturated heterocycles. The van der Waals surface area contributed by atoms with E-state index >= 15 is 0 Å². The van der Waals surface area contributed by atoms with E-state index < -0.39 is 5.97 Å². The van der Waals surface area contributed by atoms with Crippen LogP contribution in [0.2, 0.25) is 0 Å². The number of benzene rings is 1. The fourth-order valence-electron chi connectivity index (χ4n) is 1.54. The van der Waals surface area contributed by atoms with Crippen molar-refractivity contribution in [2.45, 2.75) is 23.5 Å². The minimum Gasteiger partial charge on any atom is -0.481 e. The molecule has 0 spiro atoms. The molecule has 16 heavy (non-hydrogen) atoms. The molecule has 1 aliphatic heterocycles.